The molecule has 3 aromatic heterocycles. The second-order valence-electron chi connectivity index (χ2n) is 24.6. The number of aromatic nitrogens is 3. The standard InChI is InChI=1S/C32H39N3O11S2.C21H22N2O6S.C17H24N2O5S/c1-22-13-15-25-27(19-22)45-30(35(25)18-7-5-9-29(36)33-21-23(2)47(39,40)41)10-8-11-31-34(17-6-3-4-12-32(37)38)26-16-14-24(48(42,43)44)20-28(26)46-31;24-21(25)9-5-2-6-14-23-18-11-10-17(30(26,27)28)15-19(18)29-20(23)12-13-22-16-7-3-1-4-8-16;1-12-7-8-15-16(10-12)24-14(3)19(15)9-5-4-6-17(20)18-11-13(2)25(21,22)23/h8,10-11,13-16,19-20,23H,3-7,9,12,17-18,21H2,1-2H3,(H3-,33,36,37,38,39,40,41,42,43,44);1,3-4,7-8,10-13,15H,2,5-6,9,14H2,(H2,24,25,26,27,28);7-8,10,13H,4-6,9,11H2,1-3H3,(H-,18,20,21,22,23)/p-1. The van der Waals surface area contributed by atoms with Gasteiger partial charge in [-0.2, -0.15) is 13.7 Å². The highest BCUT2D eigenvalue weighted by Gasteiger charge is 2.28. The topological polar surface area (TPSA) is 437 Å². The van der Waals surface area contributed by atoms with E-state index in [4.69, 9.17) is 28.2 Å². The second kappa shape index (κ2) is 37.2. The van der Waals surface area contributed by atoms with Crippen LogP contribution in [0.15, 0.2) is 150 Å². The van der Waals surface area contributed by atoms with Gasteiger partial charge in [0.15, 0.2) is 25.4 Å². The highest BCUT2D eigenvalue weighted by atomic mass is 32.2. The van der Waals surface area contributed by atoms with Crippen molar-refractivity contribution in [1.29, 1.82) is 0 Å². The van der Waals surface area contributed by atoms with Crippen LogP contribution in [0.3, 0.4) is 0 Å². The number of ether oxygens (including phenoxy) is 1. The number of carbonyl (C=O) groups is 4. The molecule has 0 fully saturated rings. The summed E-state index contributed by atoms with van der Waals surface area (Å²) in [4.78, 5) is 46.5. The average Bonchev–Trinajstić information content (AvgIpc) is 1.67. The summed E-state index contributed by atoms with van der Waals surface area (Å²) in [5.41, 5.74) is 7.92. The zero-order valence-corrected chi connectivity index (χ0v) is 60.7. The summed E-state index contributed by atoms with van der Waals surface area (Å²) in [5, 5.41) is 23.4. The summed E-state index contributed by atoms with van der Waals surface area (Å²) in [7, 11) is -18.1. The number of allylic oxidation sites excluding steroid dienone is 2. The molecule has 0 bridgehead atoms. The lowest BCUT2D eigenvalue weighted by atomic mass is 10.2. The fraction of sp³-hybridized carbons (Fsp3) is 0.386. The van der Waals surface area contributed by atoms with E-state index in [2.05, 4.69) is 20.5 Å². The van der Waals surface area contributed by atoms with Crippen LogP contribution in [0, 0.1) is 20.8 Å². The molecule has 0 saturated carbocycles. The molecule has 9 rings (SSSR count). The number of aryl methyl sites for hydroxylation is 6. The molecule has 4 heterocycles. The number of amides is 2. The number of carbonyl (C=O) groups excluding carboxylic acids is 2. The number of unbranched alkanes of at least 4 members (excludes halogenated alkanes) is 6. The molecular formula is C70H84N7O22S4-. The van der Waals surface area contributed by atoms with Crippen LogP contribution in [-0.4, -0.2) is 116 Å². The number of benzene rings is 5. The number of anilines is 2. The number of carboxylic acids is 2. The SMILES string of the molecule is Cc1ccc2c(c1)oc(C)[n+]2CCCCC(=O)NCC(C)S(=O)(=O)[O-].Cc1ccc2c(c1)oc(C=CC=C1Oc3cc(S(=O)(=O)[O-])ccc3N1CCCCCC(=O)O)[n+]2CCCCC(=O)NCC(C)S(=O)(=O)[O-].O=C(O)CCCCC[n+]1c(/C=C/Nc2ccccc2)oc2cc(S(=O)(=O)[O-])ccc21. The molecule has 2 atom stereocenters. The van der Waals surface area contributed by atoms with E-state index in [9.17, 15) is 71.1 Å². The van der Waals surface area contributed by atoms with Gasteiger partial charge in [0.2, 0.25) is 34.4 Å². The Bertz CT molecular complexity index is 4880. The minimum atomic E-state index is -4.70. The van der Waals surface area contributed by atoms with Crippen LogP contribution in [0.1, 0.15) is 133 Å². The normalized spacial score (nSPS) is 13.6. The third-order valence-electron chi connectivity index (χ3n) is 16.4. The Morgan fingerprint density at radius 1 is 0.524 bits per heavy atom. The lowest BCUT2D eigenvalue weighted by Gasteiger charge is -2.18. The summed E-state index contributed by atoms with van der Waals surface area (Å²) < 4.78 is 164. The Balaban J connectivity index is 0.000000231. The van der Waals surface area contributed by atoms with Crippen molar-refractivity contribution in [2.24, 2.45) is 0 Å². The number of hydrogen-bond donors (Lipinski definition) is 5. The second-order valence-corrected chi connectivity index (χ2v) is 30.9. The predicted octanol–water partition coefficient (Wildman–Crippen LogP) is 8.46. The van der Waals surface area contributed by atoms with E-state index < -0.39 is 67.8 Å². The third-order valence-corrected chi connectivity index (χ3v) is 20.4. The molecule has 2 unspecified atom stereocenters. The smallest absolute Gasteiger partial charge is 0.375 e. The van der Waals surface area contributed by atoms with Gasteiger partial charge in [0, 0.05) is 107 Å². The van der Waals surface area contributed by atoms with Gasteiger partial charge in [-0.1, -0.05) is 36.8 Å². The number of para-hydroxylation sites is 1. The zero-order valence-electron chi connectivity index (χ0n) is 57.5. The van der Waals surface area contributed by atoms with E-state index in [1.165, 1.54) is 44.2 Å². The van der Waals surface area contributed by atoms with Crippen molar-refractivity contribution >= 4 is 121 Å². The van der Waals surface area contributed by atoms with Gasteiger partial charge < -0.3 is 67.3 Å². The first-order valence-corrected chi connectivity index (χ1v) is 38.9. The number of hydrogen-bond acceptors (Lipinski definition) is 22. The number of rotatable bonds is 35. The highest BCUT2D eigenvalue weighted by Crippen LogP contribution is 2.41. The number of aliphatic carboxylic acids is 2. The van der Waals surface area contributed by atoms with E-state index >= 15 is 0 Å². The average molecular weight is 1500 g/mol. The molecule has 29 nitrogen and oxygen atoms in total. The number of nitrogens with one attached hydrogen (secondary N) is 3. The lowest BCUT2D eigenvalue weighted by Crippen LogP contribution is -2.36. The molecule has 33 heteroatoms. The van der Waals surface area contributed by atoms with Gasteiger partial charge in [-0.15, -0.1) is 0 Å². The first-order chi connectivity index (χ1) is 48.7. The summed E-state index contributed by atoms with van der Waals surface area (Å²) >= 11 is 0. The van der Waals surface area contributed by atoms with Gasteiger partial charge in [-0.25, -0.2) is 33.7 Å². The summed E-state index contributed by atoms with van der Waals surface area (Å²) in [6.45, 7) is 10.3. The van der Waals surface area contributed by atoms with Crippen LogP contribution in [0.5, 0.6) is 5.75 Å². The molecule has 556 valence electrons. The van der Waals surface area contributed by atoms with E-state index in [-0.39, 0.29) is 60.4 Å². The Morgan fingerprint density at radius 3 is 1.51 bits per heavy atom. The largest absolute Gasteiger partial charge is 0.748 e. The molecule has 5 aromatic carbocycles. The minimum absolute atomic E-state index is 0.0573. The Kier molecular flexibility index (Phi) is 29.2. The number of oxazole rings is 3. The molecular weight excluding hydrogens is 1420 g/mol. The van der Waals surface area contributed by atoms with Crippen LogP contribution in [0.2, 0.25) is 0 Å². The van der Waals surface area contributed by atoms with Crippen LogP contribution in [0.4, 0.5) is 11.4 Å². The van der Waals surface area contributed by atoms with Crippen molar-refractivity contribution in [3.05, 3.63) is 156 Å². The molecule has 1 aliphatic heterocycles. The quantitative estimate of drug-likeness (QED) is 0.0141. The van der Waals surface area contributed by atoms with Crippen molar-refractivity contribution < 1.29 is 113 Å². The third kappa shape index (κ3) is 25.0. The van der Waals surface area contributed by atoms with Crippen LogP contribution in [0.25, 0.3) is 45.5 Å². The van der Waals surface area contributed by atoms with Crippen LogP contribution in [-0.2, 0) is 79.3 Å². The minimum Gasteiger partial charge on any atom is -0.748 e. The fourth-order valence-electron chi connectivity index (χ4n) is 10.8. The Morgan fingerprint density at radius 2 is 0.981 bits per heavy atom. The lowest BCUT2D eigenvalue weighted by molar-refractivity contribution is -0.683. The van der Waals surface area contributed by atoms with Crippen molar-refractivity contribution in [3.8, 4) is 5.75 Å². The maximum atomic E-state index is 12.2. The van der Waals surface area contributed by atoms with E-state index in [0.717, 1.165) is 65.1 Å². The molecule has 1 aliphatic rings. The zero-order chi connectivity index (χ0) is 75.2. The molecule has 0 saturated heterocycles. The van der Waals surface area contributed by atoms with Gasteiger partial charge in [0.05, 0.1) is 65.3 Å². The van der Waals surface area contributed by atoms with Gasteiger partial charge in [-0.05, 0) is 132 Å². The van der Waals surface area contributed by atoms with Crippen molar-refractivity contribution in [3.63, 3.8) is 0 Å². The van der Waals surface area contributed by atoms with Crippen molar-refractivity contribution in [2.45, 2.75) is 164 Å². The van der Waals surface area contributed by atoms with Gasteiger partial charge in [0.1, 0.15) is 20.2 Å². The van der Waals surface area contributed by atoms with Crippen LogP contribution >= 0.6 is 0 Å². The molecule has 103 heavy (non-hydrogen) atoms. The van der Waals surface area contributed by atoms with E-state index in [0.29, 0.717) is 105 Å². The van der Waals surface area contributed by atoms with Gasteiger partial charge >= 0.3 is 29.6 Å². The predicted molar refractivity (Wildman–Crippen MR) is 374 cm³/mol. The maximum absolute atomic E-state index is 12.2. The van der Waals surface area contributed by atoms with Gasteiger partial charge in [-0.3, -0.25) is 19.2 Å². The number of carboxylic acid groups (broad SMARTS) is 2. The van der Waals surface area contributed by atoms with E-state index in [1.807, 2.05) is 102 Å². The first kappa shape index (κ1) is 81.0. The van der Waals surface area contributed by atoms with Gasteiger partial charge in [0.25, 0.3) is 16.6 Å². The van der Waals surface area contributed by atoms with Crippen molar-refractivity contribution in [1.82, 2.24) is 10.6 Å². The Hall–Kier alpha value is -9.35. The molecule has 0 aliphatic carbocycles. The molecule has 5 N–H and O–H groups in total. The molecule has 8 aromatic rings. The highest BCUT2D eigenvalue weighted by molar-refractivity contribution is 7.86. The van der Waals surface area contributed by atoms with Crippen LogP contribution < -0.4 is 39.3 Å². The molecule has 2 amide bonds. The molecule has 0 spiro atoms. The van der Waals surface area contributed by atoms with Crippen molar-refractivity contribution in [2.75, 3.05) is 29.9 Å². The maximum Gasteiger partial charge on any atom is 0.375 e. The monoisotopic (exact) mass is 1500 g/mol. The fourth-order valence-corrected chi connectivity index (χ4v) is 12.3. The Labute approximate surface area is 597 Å². The summed E-state index contributed by atoms with van der Waals surface area (Å²) in [5.74, 6) is 0.116. The number of fused-ring (bicyclic) bond motifs is 4. The first-order valence-electron chi connectivity index (χ1n) is 33.2. The summed E-state index contributed by atoms with van der Waals surface area (Å²) in [6, 6.07) is 29.3. The summed E-state index contributed by atoms with van der Waals surface area (Å²) in [6.07, 6.45) is 15.5. The van der Waals surface area contributed by atoms with E-state index in [1.54, 1.807) is 36.6 Å². The number of nitrogens with zero attached hydrogens (tertiary/aromatic N) is 4. The molecule has 0 radical (unpaired) electrons.